The Bertz CT molecular complexity index is 1120. The number of benzene rings is 1. The summed E-state index contributed by atoms with van der Waals surface area (Å²) >= 11 is 0. The van der Waals surface area contributed by atoms with Gasteiger partial charge in [0.05, 0.1) is 11.8 Å². The van der Waals surface area contributed by atoms with Crippen LogP contribution in [0.3, 0.4) is 0 Å². The van der Waals surface area contributed by atoms with Crippen molar-refractivity contribution in [1.29, 1.82) is 0 Å². The molecule has 0 amide bonds. The Labute approximate surface area is 219 Å². The molecule has 4 aliphatic rings. The van der Waals surface area contributed by atoms with Crippen molar-refractivity contribution in [3.8, 4) is 0 Å². The molecule has 6 rings (SSSR count). The maximum atomic E-state index is 12.5. The molecule has 1 aromatic carbocycles. The average Bonchev–Trinajstić information content (AvgIpc) is 3.42. The highest BCUT2D eigenvalue weighted by Gasteiger charge is 2.37. The number of ether oxygens (including phenoxy) is 1. The first kappa shape index (κ1) is 24.6. The second-order valence-electron chi connectivity index (χ2n) is 11.1. The number of likely N-dealkylation sites (tertiary alicyclic amines) is 1. The van der Waals surface area contributed by atoms with E-state index in [-0.39, 0.29) is 6.10 Å². The van der Waals surface area contributed by atoms with Crippen molar-refractivity contribution in [2.45, 2.75) is 70.1 Å². The molecule has 3 aliphatic heterocycles. The van der Waals surface area contributed by atoms with E-state index in [1.54, 1.807) is 0 Å². The predicted octanol–water partition coefficient (Wildman–Crippen LogP) is 4.23. The van der Waals surface area contributed by atoms with E-state index in [1.807, 2.05) is 12.1 Å². The predicted molar refractivity (Wildman–Crippen MR) is 143 cm³/mol. The average molecular weight is 506 g/mol. The maximum absolute atomic E-state index is 12.5. The SMILES string of the molecule is O=C(O)C(c1cccc2c1CN(CC1CC1)N2)N1CC[C@@H](OCCCCc2ccc3c(n2)NCCC3)C1. The second kappa shape index (κ2) is 11.0. The van der Waals surface area contributed by atoms with Gasteiger partial charge in [0, 0.05) is 45.0 Å². The first-order valence-electron chi connectivity index (χ1n) is 14.1. The molecule has 0 spiro atoms. The van der Waals surface area contributed by atoms with Gasteiger partial charge in [-0.2, -0.15) is 0 Å². The molecule has 3 N–H and O–H groups in total. The van der Waals surface area contributed by atoms with Crippen LogP contribution in [0.1, 0.15) is 67.0 Å². The van der Waals surface area contributed by atoms with E-state index in [9.17, 15) is 9.90 Å². The number of aryl methyl sites for hydroxylation is 2. The van der Waals surface area contributed by atoms with Crippen LogP contribution in [0.15, 0.2) is 30.3 Å². The number of nitrogens with zero attached hydrogens (tertiary/aromatic N) is 3. The van der Waals surface area contributed by atoms with Gasteiger partial charge in [-0.05, 0) is 86.1 Å². The number of hydrazine groups is 1. The van der Waals surface area contributed by atoms with E-state index in [2.05, 4.69) is 38.9 Å². The van der Waals surface area contributed by atoms with E-state index in [1.165, 1.54) is 24.8 Å². The largest absolute Gasteiger partial charge is 0.480 e. The van der Waals surface area contributed by atoms with Crippen molar-refractivity contribution in [2.24, 2.45) is 5.92 Å². The van der Waals surface area contributed by atoms with Gasteiger partial charge in [0.2, 0.25) is 0 Å². The van der Waals surface area contributed by atoms with Crippen LogP contribution in [0.25, 0.3) is 0 Å². The molecule has 198 valence electrons. The maximum Gasteiger partial charge on any atom is 0.325 e. The molecule has 8 nitrogen and oxygen atoms in total. The van der Waals surface area contributed by atoms with Gasteiger partial charge in [0.15, 0.2) is 0 Å². The van der Waals surface area contributed by atoms with Crippen molar-refractivity contribution in [2.75, 3.05) is 43.5 Å². The van der Waals surface area contributed by atoms with Crippen LogP contribution in [0, 0.1) is 5.92 Å². The number of carbonyl (C=O) groups is 1. The Hall–Kier alpha value is -2.68. The van der Waals surface area contributed by atoms with Gasteiger partial charge in [0.1, 0.15) is 11.9 Å². The first-order valence-corrected chi connectivity index (χ1v) is 14.1. The monoisotopic (exact) mass is 505 g/mol. The smallest absolute Gasteiger partial charge is 0.325 e. The summed E-state index contributed by atoms with van der Waals surface area (Å²) in [5.74, 6) is 1.07. The molecule has 0 bridgehead atoms. The Morgan fingerprint density at radius 1 is 1.19 bits per heavy atom. The van der Waals surface area contributed by atoms with Crippen LogP contribution in [-0.4, -0.2) is 64.9 Å². The molecular weight excluding hydrogens is 466 g/mol. The summed E-state index contributed by atoms with van der Waals surface area (Å²) in [6.45, 7) is 4.94. The highest BCUT2D eigenvalue weighted by molar-refractivity contribution is 5.77. The minimum atomic E-state index is -0.776. The van der Waals surface area contributed by atoms with Gasteiger partial charge >= 0.3 is 5.97 Å². The summed E-state index contributed by atoms with van der Waals surface area (Å²) in [4.78, 5) is 19.3. The van der Waals surface area contributed by atoms with Crippen LogP contribution in [0.2, 0.25) is 0 Å². The molecule has 37 heavy (non-hydrogen) atoms. The van der Waals surface area contributed by atoms with Crippen molar-refractivity contribution in [3.63, 3.8) is 0 Å². The zero-order valence-electron chi connectivity index (χ0n) is 21.6. The first-order chi connectivity index (χ1) is 18.1. The van der Waals surface area contributed by atoms with Crippen LogP contribution >= 0.6 is 0 Å². The van der Waals surface area contributed by atoms with Crippen LogP contribution < -0.4 is 10.7 Å². The summed E-state index contributed by atoms with van der Waals surface area (Å²) in [5, 5.41) is 15.9. The van der Waals surface area contributed by atoms with E-state index < -0.39 is 12.0 Å². The van der Waals surface area contributed by atoms with Crippen LogP contribution in [0.4, 0.5) is 11.5 Å². The Kier molecular flexibility index (Phi) is 7.31. The lowest BCUT2D eigenvalue weighted by Gasteiger charge is -2.26. The zero-order valence-corrected chi connectivity index (χ0v) is 21.6. The number of carboxylic acids is 1. The lowest BCUT2D eigenvalue weighted by atomic mass is 9.98. The number of anilines is 2. The number of aliphatic carboxylic acids is 1. The second-order valence-corrected chi connectivity index (χ2v) is 11.1. The van der Waals surface area contributed by atoms with Gasteiger partial charge in [-0.15, -0.1) is 0 Å². The summed E-state index contributed by atoms with van der Waals surface area (Å²) in [6.07, 6.45) is 8.86. The molecule has 1 unspecified atom stereocenters. The van der Waals surface area contributed by atoms with Crippen LogP contribution in [0.5, 0.6) is 0 Å². The molecule has 8 heteroatoms. The summed E-state index contributed by atoms with van der Waals surface area (Å²) in [6, 6.07) is 9.80. The van der Waals surface area contributed by atoms with Gasteiger partial charge in [-0.1, -0.05) is 18.2 Å². The quantitative estimate of drug-likeness (QED) is 0.391. The number of hydrogen-bond donors (Lipinski definition) is 3. The number of unbranched alkanes of at least 4 members (excludes halogenated alkanes) is 1. The minimum Gasteiger partial charge on any atom is -0.480 e. The fourth-order valence-corrected chi connectivity index (χ4v) is 6.04. The van der Waals surface area contributed by atoms with Gasteiger partial charge in [-0.3, -0.25) is 9.69 Å². The number of pyridine rings is 1. The molecule has 1 aromatic heterocycles. The zero-order chi connectivity index (χ0) is 25.2. The standard InChI is InChI=1S/C29H39N5O3/c35-29(36)27(24-7-3-8-26-25(24)19-34(32-26)17-20-9-10-20)33-15-13-23(18-33)37-16-2-1-6-22-12-11-21-5-4-14-30-28(21)31-22/h3,7-8,11-12,20,23,27,32H,1-2,4-6,9-10,13-19H2,(H,30,31)(H,35,36)/t23-,27?/m1/s1. The Morgan fingerprint density at radius 2 is 2.11 bits per heavy atom. The minimum absolute atomic E-state index is 0.0918. The Morgan fingerprint density at radius 3 is 2.97 bits per heavy atom. The molecular formula is C29H39N5O3. The summed E-state index contributed by atoms with van der Waals surface area (Å²) in [7, 11) is 0. The molecule has 4 heterocycles. The van der Waals surface area contributed by atoms with Crippen molar-refractivity contribution in [3.05, 3.63) is 52.7 Å². The number of rotatable bonds is 11. The lowest BCUT2D eigenvalue weighted by molar-refractivity contribution is -0.143. The topological polar surface area (TPSA) is 90.0 Å². The highest BCUT2D eigenvalue weighted by Crippen LogP contribution is 2.38. The fraction of sp³-hybridized carbons (Fsp3) is 0.586. The summed E-state index contributed by atoms with van der Waals surface area (Å²) in [5.41, 5.74) is 9.07. The van der Waals surface area contributed by atoms with Gasteiger partial charge in [0.25, 0.3) is 0 Å². The molecule has 2 aromatic rings. The van der Waals surface area contributed by atoms with Crippen molar-refractivity contribution >= 4 is 17.5 Å². The third-order valence-corrected chi connectivity index (χ3v) is 8.22. The normalized spacial score (nSPS) is 22.2. The van der Waals surface area contributed by atoms with E-state index in [4.69, 9.17) is 9.72 Å². The van der Waals surface area contributed by atoms with Gasteiger partial charge < -0.3 is 20.6 Å². The number of aromatic nitrogens is 1. The molecule has 2 fully saturated rings. The van der Waals surface area contributed by atoms with Gasteiger partial charge in [-0.25, -0.2) is 9.99 Å². The Balaban J connectivity index is 0.990. The molecule has 0 radical (unpaired) electrons. The molecule has 1 aliphatic carbocycles. The number of hydrogen-bond acceptors (Lipinski definition) is 7. The molecule has 1 saturated carbocycles. The summed E-state index contributed by atoms with van der Waals surface area (Å²) < 4.78 is 6.20. The van der Waals surface area contributed by atoms with E-state index in [0.717, 1.165) is 92.5 Å². The highest BCUT2D eigenvalue weighted by atomic mass is 16.5. The number of fused-ring (bicyclic) bond motifs is 2. The van der Waals surface area contributed by atoms with Crippen LogP contribution in [-0.2, 0) is 28.9 Å². The van der Waals surface area contributed by atoms with E-state index >= 15 is 0 Å². The molecule has 2 atom stereocenters. The van der Waals surface area contributed by atoms with E-state index in [0.29, 0.717) is 13.2 Å². The number of carboxylic acid groups (broad SMARTS) is 1. The fourth-order valence-electron chi connectivity index (χ4n) is 6.04. The lowest BCUT2D eigenvalue weighted by Crippen LogP contribution is -2.34. The third-order valence-electron chi connectivity index (χ3n) is 8.22. The van der Waals surface area contributed by atoms with Crippen molar-refractivity contribution in [1.82, 2.24) is 14.9 Å². The third kappa shape index (κ3) is 5.76. The van der Waals surface area contributed by atoms with Crippen molar-refractivity contribution < 1.29 is 14.6 Å². The number of nitrogens with one attached hydrogen (secondary N) is 2. The molecule has 1 saturated heterocycles.